The summed E-state index contributed by atoms with van der Waals surface area (Å²) < 4.78 is 15.6. The molecule has 0 saturated heterocycles. The van der Waals surface area contributed by atoms with Crippen molar-refractivity contribution in [3.05, 3.63) is 72.9 Å². The van der Waals surface area contributed by atoms with E-state index in [1.807, 2.05) is 24.3 Å². The van der Waals surface area contributed by atoms with Crippen molar-refractivity contribution >= 4 is 90.4 Å². The second-order valence-electron chi connectivity index (χ2n) is 6.52. The minimum atomic E-state index is -0.847. The van der Waals surface area contributed by atoms with Crippen LogP contribution in [0.4, 0.5) is 0 Å². The van der Waals surface area contributed by atoms with Gasteiger partial charge in [0.15, 0.2) is 17.1 Å². The lowest BCUT2D eigenvalue weighted by atomic mass is 9.77. The lowest BCUT2D eigenvalue weighted by Crippen LogP contribution is -2.33. The molecule has 142 valence electrons. The fourth-order valence-electron chi connectivity index (χ4n) is 3.85. The van der Waals surface area contributed by atoms with Crippen molar-refractivity contribution in [1.29, 1.82) is 0 Å². The molecular formula is C20H10I4O4. The van der Waals surface area contributed by atoms with Crippen LogP contribution >= 0.6 is 90.4 Å². The summed E-state index contributed by atoms with van der Waals surface area (Å²) in [5.74, 6) is 1.52. The fraction of sp³-hybridized carbons (Fsp3) is 0.100. The standard InChI is InChI=1S/C20H10I4O4/c21-12-5-10-18(14(23)16(12)25)28-19-11(6-13(22)17(26)15(19)24)20(10)9-4-2-1-3-8(9)7-27-20/h1-6,25-26H,7H2. The molecule has 0 atom stereocenters. The van der Waals surface area contributed by atoms with Crippen LogP contribution in [-0.2, 0) is 16.9 Å². The first-order chi connectivity index (χ1) is 13.4. The van der Waals surface area contributed by atoms with E-state index in [0.717, 1.165) is 29.4 Å². The van der Waals surface area contributed by atoms with E-state index in [-0.39, 0.29) is 11.5 Å². The molecule has 28 heavy (non-hydrogen) atoms. The summed E-state index contributed by atoms with van der Waals surface area (Å²) >= 11 is 8.48. The fourth-order valence-corrected chi connectivity index (χ4v) is 7.43. The highest BCUT2D eigenvalue weighted by molar-refractivity contribution is 14.1. The summed E-state index contributed by atoms with van der Waals surface area (Å²) in [5.41, 5.74) is 3.08. The van der Waals surface area contributed by atoms with Crippen molar-refractivity contribution in [1.82, 2.24) is 0 Å². The number of fused-ring (bicyclic) bond motifs is 6. The summed E-state index contributed by atoms with van der Waals surface area (Å²) in [7, 11) is 0. The van der Waals surface area contributed by atoms with Crippen molar-refractivity contribution < 1.29 is 19.7 Å². The summed E-state index contributed by atoms with van der Waals surface area (Å²) in [6, 6.07) is 12.1. The van der Waals surface area contributed by atoms with E-state index in [9.17, 15) is 10.2 Å². The molecule has 8 heteroatoms. The number of hydrogen-bond donors (Lipinski definition) is 2. The third-order valence-electron chi connectivity index (χ3n) is 5.10. The predicted octanol–water partition coefficient (Wildman–Crippen LogP) is 6.44. The summed E-state index contributed by atoms with van der Waals surface area (Å²) in [6.07, 6.45) is 0. The summed E-state index contributed by atoms with van der Waals surface area (Å²) in [4.78, 5) is 0. The number of halogens is 4. The van der Waals surface area contributed by atoms with Gasteiger partial charge in [0.2, 0.25) is 0 Å². The van der Waals surface area contributed by atoms with E-state index in [1.54, 1.807) is 0 Å². The smallest absolute Gasteiger partial charge is 0.151 e. The van der Waals surface area contributed by atoms with Gasteiger partial charge in [0.05, 0.1) is 20.9 Å². The predicted molar refractivity (Wildman–Crippen MR) is 138 cm³/mol. The molecular weight excluding hydrogens is 812 g/mol. The minimum absolute atomic E-state index is 0.189. The number of ether oxygens (including phenoxy) is 2. The quantitative estimate of drug-likeness (QED) is 0.257. The average Bonchev–Trinajstić information content (AvgIpc) is 3.07. The van der Waals surface area contributed by atoms with Crippen molar-refractivity contribution in [2.75, 3.05) is 0 Å². The van der Waals surface area contributed by atoms with E-state index < -0.39 is 5.60 Å². The van der Waals surface area contributed by atoms with Crippen LogP contribution in [0.3, 0.4) is 0 Å². The largest absolute Gasteiger partial charge is 0.506 e. The van der Waals surface area contributed by atoms with Gasteiger partial charge in [-0.2, -0.15) is 0 Å². The normalized spacial score (nSPS) is 15.7. The first-order valence-corrected chi connectivity index (χ1v) is 12.5. The van der Waals surface area contributed by atoms with E-state index in [4.69, 9.17) is 9.47 Å². The number of benzene rings is 3. The molecule has 3 aromatic carbocycles. The zero-order valence-corrected chi connectivity index (χ0v) is 22.5. The molecule has 0 unspecified atom stereocenters. The van der Waals surface area contributed by atoms with Crippen LogP contribution in [0.25, 0.3) is 0 Å². The van der Waals surface area contributed by atoms with Crippen molar-refractivity contribution in [3.8, 4) is 23.0 Å². The van der Waals surface area contributed by atoms with Gasteiger partial charge in [0, 0.05) is 11.1 Å². The zero-order valence-electron chi connectivity index (χ0n) is 13.9. The molecule has 4 nitrogen and oxygen atoms in total. The number of aromatic hydroxyl groups is 2. The molecule has 2 aliphatic rings. The summed E-state index contributed by atoms with van der Waals surface area (Å²) in [6.45, 7) is 0.483. The molecule has 2 N–H and O–H groups in total. The van der Waals surface area contributed by atoms with Crippen LogP contribution < -0.4 is 4.74 Å². The number of phenolic OH excluding ortho intramolecular Hbond substituents is 2. The van der Waals surface area contributed by atoms with Gasteiger partial charge in [-0.15, -0.1) is 0 Å². The molecule has 0 fully saturated rings. The first-order valence-electron chi connectivity index (χ1n) is 8.19. The molecule has 0 saturated carbocycles. The molecule has 2 aliphatic heterocycles. The molecule has 0 bridgehead atoms. The topological polar surface area (TPSA) is 58.9 Å². The Morgan fingerprint density at radius 3 is 1.89 bits per heavy atom. The van der Waals surface area contributed by atoms with Gasteiger partial charge in [0.25, 0.3) is 0 Å². The Hall–Kier alpha value is -0.0600. The Morgan fingerprint density at radius 2 is 1.32 bits per heavy atom. The van der Waals surface area contributed by atoms with Crippen LogP contribution in [0.1, 0.15) is 22.3 Å². The Morgan fingerprint density at radius 1 is 0.786 bits per heavy atom. The van der Waals surface area contributed by atoms with E-state index in [1.165, 1.54) is 0 Å². The Bertz CT molecular complexity index is 1110. The number of hydrogen-bond acceptors (Lipinski definition) is 4. The second-order valence-corrected chi connectivity index (χ2v) is 11.0. The van der Waals surface area contributed by atoms with E-state index in [2.05, 4.69) is 102 Å². The highest BCUT2D eigenvalue weighted by Crippen LogP contribution is 2.60. The Kier molecular flexibility index (Phi) is 4.96. The van der Waals surface area contributed by atoms with Crippen molar-refractivity contribution in [2.45, 2.75) is 12.2 Å². The molecule has 0 radical (unpaired) electrons. The van der Waals surface area contributed by atoms with Crippen LogP contribution in [-0.4, -0.2) is 10.2 Å². The SMILES string of the molecule is Oc1c(I)cc2c(c1I)Oc1c(cc(I)c(O)c1I)C21OCc2ccccc21. The van der Waals surface area contributed by atoms with Crippen LogP contribution in [0.15, 0.2) is 36.4 Å². The molecule has 5 rings (SSSR count). The molecule has 0 amide bonds. The van der Waals surface area contributed by atoms with Crippen LogP contribution in [0.2, 0.25) is 0 Å². The molecule has 0 aliphatic carbocycles. The monoisotopic (exact) mass is 822 g/mol. The van der Waals surface area contributed by atoms with Gasteiger partial charge in [-0.25, -0.2) is 0 Å². The molecule has 2 heterocycles. The van der Waals surface area contributed by atoms with Gasteiger partial charge < -0.3 is 19.7 Å². The van der Waals surface area contributed by atoms with E-state index in [0.29, 0.717) is 25.2 Å². The maximum absolute atomic E-state index is 10.5. The van der Waals surface area contributed by atoms with Gasteiger partial charge in [-0.3, -0.25) is 0 Å². The van der Waals surface area contributed by atoms with Crippen LogP contribution in [0, 0.1) is 14.3 Å². The highest BCUT2D eigenvalue weighted by atomic mass is 127. The lowest BCUT2D eigenvalue weighted by Gasteiger charge is -2.38. The zero-order chi connectivity index (χ0) is 19.8. The molecule has 3 aromatic rings. The average molecular weight is 822 g/mol. The van der Waals surface area contributed by atoms with Gasteiger partial charge in [-0.05, 0) is 114 Å². The maximum Gasteiger partial charge on any atom is 0.151 e. The van der Waals surface area contributed by atoms with Crippen LogP contribution in [0.5, 0.6) is 23.0 Å². The second kappa shape index (κ2) is 6.99. The Balaban J connectivity index is 1.96. The van der Waals surface area contributed by atoms with Crippen molar-refractivity contribution in [2.24, 2.45) is 0 Å². The number of phenols is 2. The highest BCUT2D eigenvalue weighted by Gasteiger charge is 2.51. The third kappa shape index (κ3) is 2.59. The lowest BCUT2D eigenvalue weighted by molar-refractivity contribution is 0.0194. The number of rotatable bonds is 0. The van der Waals surface area contributed by atoms with Crippen molar-refractivity contribution in [3.63, 3.8) is 0 Å². The van der Waals surface area contributed by atoms with Gasteiger partial charge in [-0.1, -0.05) is 24.3 Å². The molecule has 1 spiro atoms. The van der Waals surface area contributed by atoms with E-state index >= 15 is 0 Å². The van der Waals surface area contributed by atoms with Gasteiger partial charge >= 0.3 is 0 Å². The molecule has 0 aromatic heterocycles. The van der Waals surface area contributed by atoms with Gasteiger partial charge in [0.1, 0.15) is 11.5 Å². The minimum Gasteiger partial charge on any atom is -0.506 e. The third-order valence-corrected chi connectivity index (χ3v) is 8.75. The summed E-state index contributed by atoms with van der Waals surface area (Å²) in [5, 5.41) is 21.0. The first kappa shape index (κ1) is 19.9. The maximum atomic E-state index is 10.5. The Labute approximate surface area is 215 Å².